The number of hydrogen-bond donors (Lipinski definition) is 2. The molecule has 3 unspecified atom stereocenters. The lowest BCUT2D eigenvalue weighted by Gasteiger charge is -2.25. The lowest BCUT2D eigenvalue weighted by atomic mass is 9.90. The van der Waals surface area contributed by atoms with Crippen LogP contribution >= 0.6 is 11.9 Å². The highest BCUT2D eigenvalue weighted by atomic mass is 32.2. The molecule has 0 spiro atoms. The SMILES string of the molecule is CC(C)C(NC(=O)CCCc1ccccc1)C(=O)C1NSCC1C=O. The van der Waals surface area contributed by atoms with Crippen LogP contribution in [0.15, 0.2) is 30.3 Å². The number of carbonyl (C=O) groups excluding carboxylic acids is 3. The monoisotopic (exact) mass is 362 g/mol. The number of aldehydes is 1. The Balaban J connectivity index is 1.86. The standard InChI is InChI=1S/C19H26N2O3S/c1-13(2)17(19(24)18-15(11-22)12-25-21-18)20-16(23)10-6-9-14-7-4-3-5-8-14/h3-5,7-8,11,13,15,17-18,21H,6,9-10,12H2,1-2H3,(H,20,23). The van der Waals surface area contributed by atoms with Crippen LogP contribution in [-0.4, -0.2) is 35.8 Å². The maximum Gasteiger partial charge on any atom is 0.220 e. The minimum absolute atomic E-state index is 0.0229. The number of benzene rings is 1. The summed E-state index contributed by atoms with van der Waals surface area (Å²) in [5.74, 6) is 0.0271. The third-order valence-electron chi connectivity index (χ3n) is 4.40. The molecule has 5 nitrogen and oxygen atoms in total. The maximum atomic E-state index is 12.7. The number of nitrogens with one attached hydrogen (secondary N) is 2. The summed E-state index contributed by atoms with van der Waals surface area (Å²) >= 11 is 1.39. The second-order valence-electron chi connectivity index (χ2n) is 6.74. The molecule has 0 aliphatic carbocycles. The maximum absolute atomic E-state index is 12.7. The number of Topliss-reactive ketones (excluding diaryl/α,β-unsaturated/α-hetero) is 1. The van der Waals surface area contributed by atoms with E-state index in [0.29, 0.717) is 12.2 Å². The third kappa shape index (κ3) is 5.68. The van der Waals surface area contributed by atoms with E-state index in [0.717, 1.165) is 19.1 Å². The Morgan fingerprint density at radius 1 is 1.32 bits per heavy atom. The fourth-order valence-corrected chi connectivity index (χ4v) is 3.94. The molecule has 136 valence electrons. The molecule has 1 heterocycles. The average molecular weight is 362 g/mol. The molecule has 0 radical (unpaired) electrons. The van der Waals surface area contributed by atoms with Gasteiger partial charge in [0.05, 0.1) is 12.1 Å². The molecule has 1 fully saturated rings. The summed E-state index contributed by atoms with van der Waals surface area (Å²) in [5, 5.41) is 2.87. The van der Waals surface area contributed by atoms with Crippen LogP contribution in [0.25, 0.3) is 0 Å². The van der Waals surface area contributed by atoms with Crippen molar-refractivity contribution in [2.75, 3.05) is 5.75 Å². The fourth-order valence-electron chi connectivity index (χ4n) is 2.91. The van der Waals surface area contributed by atoms with Gasteiger partial charge in [-0.3, -0.25) is 14.3 Å². The van der Waals surface area contributed by atoms with Gasteiger partial charge in [-0.15, -0.1) is 0 Å². The van der Waals surface area contributed by atoms with E-state index in [2.05, 4.69) is 10.0 Å². The highest BCUT2D eigenvalue weighted by Gasteiger charge is 2.38. The molecule has 2 rings (SSSR count). The second-order valence-corrected chi connectivity index (χ2v) is 7.59. The molecule has 25 heavy (non-hydrogen) atoms. The van der Waals surface area contributed by atoms with Crippen molar-refractivity contribution >= 4 is 29.9 Å². The molecule has 0 aromatic heterocycles. The van der Waals surface area contributed by atoms with Crippen molar-refractivity contribution in [1.82, 2.24) is 10.0 Å². The Labute approximate surface area is 153 Å². The van der Waals surface area contributed by atoms with Crippen molar-refractivity contribution in [3.05, 3.63) is 35.9 Å². The van der Waals surface area contributed by atoms with Gasteiger partial charge in [-0.25, -0.2) is 0 Å². The first-order chi connectivity index (χ1) is 12.0. The van der Waals surface area contributed by atoms with Gasteiger partial charge in [0.25, 0.3) is 0 Å². The molecule has 3 atom stereocenters. The van der Waals surface area contributed by atoms with Crippen molar-refractivity contribution in [3.63, 3.8) is 0 Å². The Kier molecular flexibility index (Phi) is 7.65. The second kappa shape index (κ2) is 9.73. The van der Waals surface area contributed by atoms with E-state index in [9.17, 15) is 14.4 Å². The van der Waals surface area contributed by atoms with Gasteiger partial charge in [0.1, 0.15) is 6.29 Å². The largest absolute Gasteiger partial charge is 0.346 e. The van der Waals surface area contributed by atoms with Crippen LogP contribution < -0.4 is 10.0 Å². The number of amides is 1. The van der Waals surface area contributed by atoms with Crippen molar-refractivity contribution in [2.24, 2.45) is 11.8 Å². The quantitative estimate of drug-likeness (QED) is 0.520. The third-order valence-corrected chi connectivity index (χ3v) is 5.37. The van der Waals surface area contributed by atoms with Crippen LogP contribution in [0.2, 0.25) is 0 Å². The molecule has 6 heteroatoms. The average Bonchev–Trinajstić information content (AvgIpc) is 3.08. The Morgan fingerprint density at radius 3 is 2.68 bits per heavy atom. The zero-order valence-electron chi connectivity index (χ0n) is 14.7. The first-order valence-electron chi connectivity index (χ1n) is 8.72. The van der Waals surface area contributed by atoms with Crippen LogP contribution in [0.3, 0.4) is 0 Å². The molecular weight excluding hydrogens is 336 g/mol. The van der Waals surface area contributed by atoms with Gasteiger partial charge in [0, 0.05) is 18.1 Å². The Hall–Kier alpha value is -1.66. The molecule has 0 saturated carbocycles. The van der Waals surface area contributed by atoms with Crippen LogP contribution in [0.5, 0.6) is 0 Å². The summed E-state index contributed by atoms with van der Waals surface area (Å²) in [6.45, 7) is 3.82. The van der Waals surface area contributed by atoms with Crippen LogP contribution in [0.1, 0.15) is 32.3 Å². The van der Waals surface area contributed by atoms with Crippen LogP contribution in [0.4, 0.5) is 0 Å². The van der Waals surface area contributed by atoms with Crippen molar-refractivity contribution in [1.29, 1.82) is 0 Å². The molecule has 1 aromatic carbocycles. The van der Waals surface area contributed by atoms with Crippen molar-refractivity contribution in [2.45, 2.75) is 45.2 Å². The zero-order chi connectivity index (χ0) is 18.2. The lowest BCUT2D eigenvalue weighted by Crippen LogP contribution is -2.52. The van der Waals surface area contributed by atoms with Gasteiger partial charge in [-0.05, 0) is 24.3 Å². The molecule has 0 bridgehead atoms. The lowest BCUT2D eigenvalue weighted by molar-refractivity contribution is -0.131. The molecule has 1 aromatic rings. The summed E-state index contributed by atoms with van der Waals surface area (Å²) in [5.41, 5.74) is 1.20. The molecule has 1 amide bonds. The number of carbonyl (C=O) groups is 3. The van der Waals surface area contributed by atoms with Gasteiger partial charge >= 0.3 is 0 Å². The van der Waals surface area contributed by atoms with E-state index in [-0.39, 0.29) is 23.5 Å². The number of hydrogen-bond acceptors (Lipinski definition) is 5. The highest BCUT2D eigenvalue weighted by Crippen LogP contribution is 2.22. The number of aryl methyl sites for hydroxylation is 1. The van der Waals surface area contributed by atoms with E-state index >= 15 is 0 Å². The van der Waals surface area contributed by atoms with E-state index in [1.54, 1.807) is 0 Å². The van der Waals surface area contributed by atoms with Crippen molar-refractivity contribution in [3.8, 4) is 0 Å². The highest BCUT2D eigenvalue weighted by molar-refractivity contribution is 7.97. The van der Waals surface area contributed by atoms with Gasteiger partial charge in [0.15, 0.2) is 5.78 Å². The summed E-state index contributed by atoms with van der Waals surface area (Å²) in [6, 6.07) is 8.94. The Morgan fingerprint density at radius 2 is 2.04 bits per heavy atom. The molecule has 1 aliphatic rings. The normalized spacial score (nSPS) is 21.1. The van der Waals surface area contributed by atoms with Crippen LogP contribution in [0, 0.1) is 11.8 Å². The summed E-state index contributed by atoms with van der Waals surface area (Å²) in [7, 11) is 0. The predicted molar refractivity (Wildman–Crippen MR) is 100 cm³/mol. The minimum atomic E-state index is -0.567. The first kappa shape index (κ1) is 19.7. The number of rotatable bonds is 9. The topological polar surface area (TPSA) is 75.3 Å². The fraction of sp³-hybridized carbons (Fsp3) is 0.526. The van der Waals surface area contributed by atoms with Gasteiger partial charge in [-0.1, -0.05) is 56.1 Å². The van der Waals surface area contributed by atoms with Gasteiger partial charge in [0.2, 0.25) is 5.91 Å². The predicted octanol–water partition coefficient (Wildman–Crippen LogP) is 2.15. The summed E-state index contributed by atoms with van der Waals surface area (Å²) < 4.78 is 3.02. The first-order valence-corrected chi connectivity index (χ1v) is 9.71. The summed E-state index contributed by atoms with van der Waals surface area (Å²) in [4.78, 5) is 36.1. The number of ketones is 1. The molecule has 2 N–H and O–H groups in total. The van der Waals surface area contributed by atoms with E-state index in [1.807, 2.05) is 44.2 Å². The Bertz CT molecular complexity index is 592. The smallest absolute Gasteiger partial charge is 0.220 e. The van der Waals surface area contributed by atoms with Gasteiger partial charge < -0.3 is 10.1 Å². The minimum Gasteiger partial charge on any atom is -0.346 e. The zero-order valence-corrected chi connectivity index (χ0v) is 15.6. The van der Waals surface area contributed by atoms with Crippen molar-refractivity contribution < 1.29 is 14.4 Å². The van der Waals surface area contributed by atoms with E-state index < -0.39 is 12.1 Å². The van der Waals surface area contributed by atoms with E-state index in [4.69, 9.17) is 0 Å². The summed E-state index contributed by atoms with van der Waals surface area (Å²) in [6.07, 6.45) is 2.79. The molecule has 1 aliphatic heterocycles. The molecular formula is C19H26N2O3S. The van der Waals surface area contributed by atoms with Gasteiger partial charge in [-0.2, -0.15) is 0 Å². The van der Waals surface area contributed by atoms with E-state index in [1.165, 1.54) is 17.5 Å². The van der Waals surface area contributed by atoms with Crippen LogP contribution in [-0.2, 0) is 20.8 Å². The molecule has 1 saturated heterocycles.